The number of benzene rings is 2. The molecule has 0 saturated carbocycles. The summed E-state index contributed by atoms with van der Waals surface area (Å²) < 4.78 is 29.8. The number of rotatable bonds is 5. The fraction of sp³-hybridized carbons (Fsp3) is 0.250. The zero-order chi connectivity index (χ0) is 27.9. The van der Waals surface area contributed by atoms with E-state index in [-0.39, 0.29) is 33.7 Å². The monoisotopic (exact) mass is 567 g/mol. The molecule has 202 valence electrons. The van der Waals surface area contributed by atoms with Gasteiger partial charge >= 0.3 is 5.97 Å². The molecule has 1 aromatic heterocycles. The maximum absolute atomic E-state index is 13.1. The predicted molar refractivity (Wildman–Crippen MR) is 147 cm³/mol. The number of aromatic amines is 1. The highest BCUT2D eigenvalue weighted by Gasteiger charge is 2.51. The average molecular weight is 568 g/mol. The first kappa shape index (κ1) is 26.7. The highest BCUT2D eigenvalue weighted by atomic mass is 35.5. The summed E-state index contributed by atoms with van der Waals surface area (Å²) in [5.41, 5.74) is 1.57. The summed E-state index contributed by atoms with van der Waals surface area (Å²) in [6.45, 7) is 2.24. The zero-order valence-corrected chi connectivity index (χ0v) is 22.8. The van der Waals surface area contributed by atoms with Gasteiger partial charge in [-0.05, 0) is 66.8 Å². The van der Waals surface area contributed by atoms with Crippen LogP contribution in [-0.4, -0.2) is 65.2 Å². The fourth-order valence-corrected chi connectivity index (χ4v) is 5.96. The van der Waals surface area contributed by atoms with E-state index in [1.165, 1.54) is 18.5 Å². The lowest BCUT2D eigenvalue weighted by atomic mass is 9.87. The van der Waals surface area contributed by atoms with Gasteiger partial charge in [0.1, 0.15) is 5.57 Å². The number of nitrogens with zero attached hydrogens (tertiary/aromatic N) is 2. The largest absolute Gasteiger partial charge is 0.507 e. The number of sulfone groups is 1. The number of esters is 1. The molecule has 2 aromatic carbocycles. The Hall–Kier alpha value is -3.89. The molecule has 2 N–H and O–H groups in total. The highest BCUT2D eigenvalue weighted by Crippen LogP contribution is 2.44. The Labute approximate surface area is 230 Å². The molecule has 9 nitrogen and oxygen atoms in total. The van der Waals surface area contributed by atoms with Crippen LogP contribution in [0.3, 0.4) is 0 Å². The number of nitrogens with one attached hydrogen (secondary N) is 1. The van der Waals surface area contributed by atoms with Crippen molar-refractivity contribution in [2.24, 2.45) is 0 Å². The normalized spacial score (nSPS) is 19.8. The molecular formula is C28H26ClN3O6S. The first-order valence-corrected chi connectivity index (χ1v) is 14.5. The van der Waals surface area contributed by atoms with Crippen molar-refractivity contribution in [3.63, 3.8) is 0 Å². The van der Waals surface area contributed by atoms with Crippen LogP contribution in [0.25, 0.3) is 22.8 Å². The summed E-state index contributed by atoms with van der Waals surface area (Å²) in [5, 5.41) is 11.6. The molecule has 2 aliphatic heterocycles. The Morgan fingerprint density at radius 3 is 2.77 bits per heavy atom. The lowest BCUT2D eigenvalue weighted by Gasteiger charge is -2.38. The number of hydrogen-bond donors (Lipinski definition) is 2. The van der Waals surface area contributed by atoms with Crippen molar-refractivity contribution < 1.29 is 27.9 Å². The number of carbonyl (C=O) groups excluding carboxylic acids is 2. The molecule has 2 aliphatic rings. The third kappa shape index (κ3) is 5.09. The van der Waals surface area contributed by atoms with Crippen molar-refractivity contribution >= 4 is 45.0 Å². The van der Waals surface area contributed by atoms with Gasteiger partial charge in [-0.3, -0.25) is 4.79 Å². The van der Waals surface area contributed by atoms with E-state index in [4.69, 9.17) is 16.3 Å². The standard InChI is InChI=1S/C28H26ClN3O6S/c1-17-11-22(18-5-3-6-20(12-18)39(2,36)37)23(29)13-21(17)25-26(34)28(38-27(25)35)9-4-10-32(15-28)24(33)8-7-19-14-30-16-31-19/h3,5-8,11-14,16,34H,4,9-10,15H2,1-2H3,(H,30,31)/b8-7-. The number of hydrogen-bond acceptors (Lipinski definition) is 7. The van der Waals surface area contributed by atoms with Crippen LogP contribution in [0.4, 0.5) is 0 Å². The van der Waals surface area contributed by atoms with Crippen LogP contribution in [0.1, 0.15) is 29.7 Å². The minimum absolute atomic E-state index is 0.00753. The van der Waals surface area contributed by atoms with Gasteiger partial charge in [-0.25, -0.2) is 18.2 Å². The number of aromatic nitrogens is 2. The Bertz CT molecular complexity index is 1650. The van der Waals surface area contributed by atoms with Crippen LogP contribution in [-0.2, 0) is 24.2 Å². The molecule has 1 amide bonds. The van der Waals surface area contributed by atoms with E-state index in [0.717, 1.165) is 6.26 Å². The molecule has 1 unspecified atom stereocenters. The molecule has 39 heavy (non-hydrogen) atoms. The van der Waals surface area contributed by atoms with Gasteiger partial charge in [-0.2, -0.15) is 0 Å². The number of ether oxygens (including phenoxy) is 1. The first-order valence-electron chi connectivity index (χ1n) is 12.2. The number of aliphatic hydroxyl groups excluding tert-OH is 1. The number of likely N-dealkylation sites (tertiary alicyclic amines) is 1. The van der Waals surface area contributed by atoms with Crippen molar-refractivity contribution in [2.45, 2.75) is 30.3 Å². The summed E-state index contributed by atoms with van der Waals surface area (Å²) in [6.07, 6.45) is 8.14. The zero-order valence-electron chi connectivity index (χ0n) is 21.3. The van der Waals surface area contributed by atoms with Gasteiger partial charge in [0.2, 0.25) is 5.91 Å². The van der Waals surface area contributed by atoms with Crippen LogP contribution >= 0.6 is 11.6 Å². The van der Waals surface area contributed by atoms with Gasteiger partial charge in [-0.1, -0.05) is 23.7 Å². The van der Waals surface area contributed by atoms with E-state index in [9.17, 15) is 23.1 Å². The number of piperidine rings is 1. The van der Waals surface area contributed by atoms with Crippen LogP contribution in [0.2, 0.25) is 5.02 Å². The smallest absolute Gasteiger partial charge is 0.343 e. The van der Waals surface area contributed by atoms with E-state index >= 15 is 0 Å². The molecule has 1 spiro atoms. The molecule has 1 fully saturated rings. The van der Waals surface area contributed by atoms with Crippen molar-refractivity contribution in [2.75, 3.05) is 19.3 Å². The lowest BCUT2D eigenvalue weighted by molar-refractivity contribution is -0.155. The molecule has 3 heterocycles. The third-order valence-electron chi connectivity index (χ3n) is 7.01. The summed E-state index contributed by atoms with van der Waals surface area (Å²) in [7, 11) is -3.42. The van der Waals surface area contributed by atoms with Crippen LogP contribution in [0.15, 0.2) is 65.7 Å². The molecule has 5 rings (SSSR count). The second-order valence-corrected chi connectivity index (χ2v) is 12.2. The number of H-pyrrole nitrogens is 1. The van der Waals surface area contributed by atoms with Gasteiger partial charge in [0.25, 0.3) is 0 Å². The number of amides is 1. The van der Waals surface area contributed by atoms with Gasteiger partial charge < -0.3 is 19.7 Å². The van der Waals surface area contributed by atoms with Gasteiger partial charge in [-0.15, -0.1) is 0 Å². The third-order valence-corrected chi connectivity index (χ3v) is 8.43. The maximum Gasteiger partial charge on any atom is 0.343 e. The first-order chi connectivity index (χ1) is 18.5. The van der Waals surface area contributed by atoms with Crippen LogP contribution in [0, 0.1) is 6.92 Å². The molecule has 0 bridgehead atoms. The maximum atomic E-state index is 13.1. The fourth-order valence-electron chi connectivity index (χ4n) is 5.02. The number of aliphatic hydroxyl groups is 1. The molecule has 0 radical (unpaired) electrons. The Morgan fingerprint density at radius 2 is 2.05 bits per heavy atom. The molecule has 1 saturated heterocycles. The van der Waals surface area contributed by atoms with E-state index in [2.05, 4.69) is 9.97 Å². The van der Waals surface area contributed by atoms with Gasteiger partial charge in [0.05, 0.1) is 29.7 Å². The summed E-state index contributed by atoms with van der Waals surface area (Å²) in [6, 6.07) is 9.76. The summed E-state index contributed by atoms with van der Waals surface area (Å²) in [5.74, 6) is -1.20. The van der Waals surface area contributed by atoms with E-state index < -0.39 is 21.4 Å². The molecule has 11 heteroatoms. The van der Waals surface area contributed by atoms with Crippen molar-refractivity contribution in [3.8, 4) is 11.1 Å². The molecule has 3 aromatic rings. The number of aryl methyl sites for hydroxylation is 1. The van der Waals surface area contributed by atoms with Crippen molar-refractivity contribution in [1.29, 1.82) is 0 Å². The van der Waals surface area contributed by atoms with Gasteiger partial charge in [0.15, 0.2) is 21.2 Å². The number of imidazole rings is 1. The second-order valence-electron chi connectivity index (χ2n) is 9.76. The topological polar surface area (TPSA) is 130 Å². The summed E-state index contributed by atoms with van der Waals surface area (Å²) in [4.78, 5) is 34.5. The van der Waals surface area contributed by atoms with E-state index in [1.807, 2.05) is 0 Å². The van der Waals surface area contributed by atoms with E-state index in [1.54, 1.807) is 54.4 Å². The van der Waals surface area contributed by atoms with Crippen molar-refractivity contribution in [3.05, 3.63) is 82.6 Å². The molecular weight excluding hydrogens is 542 g/mol. The number of carbonyl (C=O) groups is 2. The Kier molecular flexibility index (Phi) is 6.86. The van der Waals surface area contributed by atoms with Crippen LogP contribution in [0.5, 0.6) is 0 Å². The average Bonchev–Trinajstić information content (AvgIpc) is 3.50. The molecule has 0 aliphatic carbocycles. The van der Waals surface area contributed by atoms with E-state index in [0.29, 0.717) is 47.3 Å². The van der Waals surface area contributed by atoms with Crippen molar-refractivity contribution in [1.82, 2.24) is 14.9 Å². The number of halogens is 1. The minimum atomic E-state index is -3.42. The van der Waals surface area contributed by atoms with Gasteiger partial charge in [0, 0.05) is 29.5 Å². The minimum Gasteiger partial charge on any atom is -0.507 e. The Morgan fingerprint density at radius 1 is 1.26 bits per heavy atom. The second kappa shape index (κ2) is 10.0. The SMILES string of the molecule is Cc1cc(-c2cccc(S(C)(=O)=O)c2)c(Cl)cc1C1=C(O)C2(CCCN(C(=O)/C=C\c3cnc[nH]3)C2)OC1=O. The lowest BCUT2D eigenvalue weighted by Crippen LogP contribution is -2.51. The summed E-state index contributed by atoms with van der Waals surface area (Å²) >= 11 is 6.62. The molecule has 1 atom stereocenters. The highest BCUT2D eigenvalue weighted by molar-refractivity contribution is 7.90. The van der Waals surface area contributed by atoms with Crippen LogP contribution < -0.4 is 0 Å². The predicted octanol–water partition coefficient (Wildman–Crippen LogP) is 4.34. The Balaban J connectivity index is 1.46. The quantitative estimate of drug-likeness (QED) is 0.346.